The Bertz CT molecular complexity index is 733. The van der Waals surface area contributed by atoms with Crippen LogP contribution in [0.5, 0.6) is 0 Å². The van der Waals surface area contributed by atoms with Gasteiger partial charge in [-0.2, -0.15) is 12.7 Å². The number of nitrogens with zero attached hydrogens (tertiary/aromatic N) is 1. The maximum Gasteiger partial charge on any atom is 0.276 e. The summed E-state index contributed by atoms with van der Waals surface area (Å²) < 4.78 is 36.6. The number of halogens is 2. The van der Waals surface area contributed by atoms with Crippen LogP contribution in [0.1, 0.15) is 12.8 Å². The predicted octanol–water partition coefficient (Wildman–Crippen LogP) is 1.35. The third-order valence-corrected chi connectivity index (χ3v) is 4.99. The van der Waals surface area contributed by atoms with Crippen molar-refractivity contribution in [3.63, 3.8) is 0 Å². The van der Waals surface area contributed by atoms with Crippen molar-refractivity contribution in [2.24, 2.45) is 11.1 Å². The molecule has 1 aliphatic heterocycles. The van der Waals surface area contributed by atoms with Crippen LogP contribution in [0.3, 0.4) is 0 Å². The minimum absolute atomic E-state index is 0.114. The summed E-state index contributed by atoms with van der Waals surface area (Å²) in [5.41, 5.74) is 0.330. The first kappa shape index (κ1) is 17.8. The summed E-state index contributed by atoms with van der Waals surface area (Å²) in [4.78, 5) is 12.2. The Hall–Kier alpha value is -1.55. The number of nitrogens with two attached hydrogens (primary N) is 1. The molecule has 1 saturated heterocycles. The second kappa shape index (κ2) is 6.91. The molecule has 1 aromatic carbocycles. The number of piperidine rings is 1. The summed E-state index contributed by atoms with van der Waals surface area (Å²) in [5.74, 6) is -1.82. The number of Topliss-reactive ketones (excluding diaryl/α,β-unsaturated/α-hetero) is 1. The average Bonchev–Trinajstić information content (AvgIpc) is 2.49. The molecule has 0 aliphatic carbocycles. The van der Waals surface area contributed by atoms with E-state index in [4.69, 9.17) is 22.1 Å². The molecule has 7 nitrogen and oxygen atoms in total. The largest absolute Gasteiger partial charge is 0.338 e. The first-order chi connectivity index (χ1) is 10.7. The van der Waals surface area contributed by atoms with Crippen LogP contribution >= 0.6 is 11.6 Å². The normalized spacial score (nSPS) is 17.0. The maximum absolute atomic E-state index is 13.1. The zero-order valence-corrected chi connectivity index (χ0v) is 13.6. The monoisotopic (exact) mass is 362 g/mol. The van der Waals surface area contributed by atoms with Gasteiger partial charge in [-0.25, -0.2) is 9.53 Å². The third kappa shape index (κ3) is 4.47. The first-order valence-corrected chi connectivity index (χ1v) is 8.69. The fourth-order valence-electron chi connectivity index (χ4n) is 2.36. The quantitative estimate of drug-likeness (QED) is 0.553. The molecule has 0 amide bonds. The molecule has 10 heteroatoms. The second-order valence-corrected chi connectivity index (χ2v) is 7.16. The van der Waals surface area contributed by atoms with Gasteiger partial charge in [-0.3, -0.25) is 10.2 Å². The SMILES string of the molecule is N=C(Nc1ccc(F)c(Cl)c1)C(=O)C1CCN(S(N)(=O)=O)CC1. The lowest BCUT2D eigenvalue weighted by Crippen LogP contribution is -2.44. The van der Waals surface area contributed by atoms with Crippen molar-refractivity contribution in [2.45, 2.75) is 12.8 Å². The van der Waals surface area contributed by atoms with Gasteiger partial charge in [0.25, 0.3) is 10.2 Å². The highest BCUT2D eigenvalue weighted by atomic mass is 35.5. The fraction of sp³-hybridized carbons (Fsp3) is 0.385. The molecule has 0 spiro atoms. The number of hydrogen-bond donors (Lipinski definition) is 3. The molecule has 0 atom stereocenters. The summed E-state index contributed by atoms with van der Waals surface area (Å²) in [6, 6.07) is 3.78. The van der Waals surface area contributed by atoms with Gasteiger partial charge in [-0.05, 0) is 31.0 Å². The van der Waals surface area contributed by atoms with Crippen molar-refractivity contribution >= 4 is 39.1 Å². The molecule has 0 radical (unpaired) electrons. The van der Waals surface area contributed by atoms with E-state index in [2.05, 4.69) is 5.32 Å². The van der Waals surface area contributed by atoms with Crippen molar-refractivity contribution in [3.05, 3.63) is 29.0 Å². The molecule has 23 heavy (non-hydrogen) atoms. The van der Waals surface area contributed by atoms with Crippen LogP contribution in [-0.4, -0.2) is 37.4 Å². The number of carbonyl (C=O) groups is 1. The smallest absolute Gasteiger partial charge is 0.276 e. The van der Waals surface area contributed by atoms with Crippen LogP contribution in [0.4, 0.5) is 10.1 Å². The maximum atomic E-state index is 13.1. The van der Waals surface area contributed by atoms with Crippen molar-refractivity contribution in [1.29, 1.82) is 5.41 Å². The minimum Gasteiger partial charge on any atom is -0.338 e. The number of rotatable bonds is 4. The van der Waals surface area contributed by atoms with Crippen molar-refractivity contribution in [1.82, 2.24) is 4.31 Å². The highest BCUT2D eigenvalue weighted by Gasteiger charge is 2.31. The van der Waals surface area contributed by atoms with Gasteiger partial charge in [0.1, 0.15) is 5.82 Å². The van der Waals surface area contributed by atoms with E-state index in [9.17, 15) is 17.6 Å². The molecule has 1 aliphatic rings. The number of anilines is 1. The van der Waals surface area contributed by atoms with Crippen LogP contribution in [0, 0.1) is 17.1 Å². The molecule has 2 rings (SSSR count). The van der Waals surface area contributed by atoms with Gasteiger partial charge in [0.15, 0.2) is 5.84 Å². The number of nitrogens with one attached hydrogen (secondary N) is 2. The first-order valence-electron chi connectivity index (χ1n) is 6.81. The van der Waals surface area contributed by atoms with Crippen LogP contribution in [0.2, 0.25) is 5.02 Å². The Morgan fingerprint density at radius 3 is 2.52 bits per heavy atom. The Kier molecular flexibility index (Phi) is 5.35. The van der Waals surface area contributed by atoms with Gasteiger partial charge in [0.05, 0.1) is 5.02 Å². The molecular weight excluding hydrogens is 347 g/mol. The molecular formula is C13H16ClFN4O3S. The molecule has 1 aromatic rings. The van der Waals surface area contributed by atoms with Gasteiger partial charge in [-0.15, -0.1) is 0 Å². The summed E-state index contributed by atoms with van der Waals surface area (Å²) in [6.45, 7) is 0.287. The Balaban J connectivity index is 1.95. The number of amidine groups is 1. The van der Waals surface area contributed by atoms with E-state index in [1.807, 2.05) is 0 Å². The molecule has 1 fully saturated rings. The number of benzene rings is 1. The summed E-state index contributed by atoms with van der Waals surface area (Å²) in [6.07, 6.45) is 0.590. The second-order valence-electron chi connectivity index (χ2n) is 5.21. The van der Waals surface area contributed by atoms with Gasteiger partial charge >= 0.3 is 0 Å². The summed E-state index contributed by atoms with van der Waals surface area (Å²) in [7, 11) is -3.75. The number of hydrogen-bond acceptors (Lipinski definition) is 4. The lowest BCUT2D eigenvalue weighted by Gasteiger charge is -2.29. The van der Waals surface area contributed by atoms with E-state index in [1.54, 1.807) is 0 Å². The zero-order valence-electron chi connectivity index (χ0n) is 12.1. The van der Waals surface area contributed by atoms with Crippen LogP contribution < -0.4 is 10.5 Å². The highest BCUT2D eigenvalue weighted by Crippen LogP contribution is 2.22. The van der Waals surface area contributed by atoms with Crippen LogP contribution in [-0.2, 0) is 15.0 Å². The molecule has 126 valence electrons. The van der Waals surface area contributed by atoms with E-state index in [1.165, 1.54) is 12.1 Å². The van der Waals surface area contributed by atoms with Crippen molar-refractivity contribution in [2.75, 3.05) is 18.4 Å². The number of carbonyl (C=O) groups excluding carboxylic acids is 1. The van der Waals surface area contributed by atoms with Gasteiger partial charge in [0.2, 0.25) is 5.78 Å². The van der Waals surface area contributed by atoms with Gasteiger partial charge in [-0.1, -0.05) is 11.6 Å². The Labute approximate surface area is 138 Å². The molecule has 0 saturated carbocycles. The van der Waals surface area contributed by atoms with E-state index in [0.29, 0.717) is 18.5 Å². The van der Waals surface area contributed by atoms with Crippen LogP contribution in [0.15, 0.2) is 18.2 Å². The van der Waals surface area contributed by atoms with Crippen molar-refractivity contribution < 1.29 is 17.6 Å². The van der Waals surface area contributed by atoms with E-state index >= 15 is 0 Å². The van der Waals surface area contributed by atoms with Crippen molar-refractivity contribution in [3.8, 4) is 0 Å². The van der Waals surface area contributed by atoms with E-state index in [-0.39, 0.29) is 23.9 Å². The van der Waals surface area contributed by atoms with E-state index in [0.717, 1.165) is 10.4 Å². The standard InChI is InChI=1S/C13H16ClFN4O3S/c14-10-7-9(1-2-11(10)15)18-13(16)12(20)8-3-5-19(6-4-8)23(17,21)22/h1-2,7-8H,3-6H2,(H2,16,18)(H2,17,21,22). The summed E-state index contributed by atoms with van der Waals surface area (Å²) in [5, 5.41) is 15.3. The van der Waals surface area contributed by atoms with Gasteiger partial charge in [0, 0.05) is 24.7 Å². The fourth-order valence-corrected chi connectivity index (χ4v) is 3.26. The summed E-state index contributed by atoms with van der Waals surface area (Å²) >= 11 is 5.64. The molecule has 4 N–H and O–H groups in total. The lowest BCUT2D eigenvalue weighted by molar-refractivity contribution is -0.117. The Morgan fingerprint density at radius 2 is 2.00 bits per heavy atom. The molecule has 0 aromatic heterocycles. The van der Waals surface area contributed by atoms with E-state index < -0.39 is 27.7 Å². The Morgan fingerprint density at radius 1 is 1.39 bits per heavy atom. The average molecular weight is 363 g/mol. The predicted molar refractivity (Wildman–Crippen MR) is 85.2 cm³/mol. The molecule has 0 unspecified atom stereocenters. The van der Waals surface area contributed by atoms with Crippen LogP contribution in [0.25, 0.3) is 0 Å². The number of ketones is 1. The lowest BCUT2D eigenvalue weighted by atomic mass is 9.93. The molecule has 1 heterocycles. The molecule has 0 bridgehead atoms. The highest BCUT2D eigenvalue weighted by molar-refractivity contribution is 7.86. The van der Waals surface area contributed by atoms with Gasteiger partial charge < -0.3 is 5.32 Å². The third-order valence-electron chi connectivity index (χ3n) is 3.62. The topological polar surface area (TPSA) is 116 Å². The zero-order chi connectivity index (χ0) is 17.2. The minimum atomic E-state index is -3.75.